The van der Waals surface area contributed by atoms with E-state index in [1.54, 1.807) is 0 Å². The van der Waals surface area contributed by atoms with Gasteiger partial charge in [0.25, 0.3) is 5.91 Å². The Morgan fingerprint density at radius 3 is 2.46 bits per heavy atom. The van der Waals surface area contributed by atoms with Gasteiger partial charge in [-0.25, -0.2) is 0 Å². The van der Waals surface area contributed by atoms with Crippen LogP contribution in [0.3, 0.4) is 0 Å². The molecule has 1 amide bonds. The monoisotopic (exact) mass is 441 g/mol. The van der Waals surface area contributed by atoms with Crippen LogP contribution >= 0.6 is 15.9 Å². The van der Waals surface area contributed by atoms with Crippen molar-refractivity contribution in [2.75, 3.05) is 6.54 Å². The predicted octanol–water partition coefficient (Wildman–Crippen LogP) is 5.29. The molecule has 1 heterocycles. The summed E-state index contributed by atoms with van der Waals surface area (Å²) in [4.78, 5) is 19.4. The largest absolute Gasteiger partial charge is 0.339 e. The third-order valence-corrected chi connectivity index (χ3v) is 5.35. The van der Waals surface area contributed by atoms with Crippen molar-refractivity contribution < 1.29 is 9.32 Å². The Kier molecular flexibility index (Phi) is 6.62. The number of benzene rings is 2. The first-order chi connectivity index (χ1) is 13.5. The number of halogens is 1. The summed E-state index contributed by atoms with van der Waals surface area (Å²) in [5, 5.41) is 4.07. The molecule has 28 heavy (non-hydrogen) atoms. The van der Waals surface area contributed by atoms with Crippen molar-refractivity contribution in [3.05, 3.63) is 70.0 Å². The molecule has 2 aromatic carbocycles. The zero-order valence-corrected chi connectivity index (χ0v) is 17.9. The second-order valence-corrected chi connectivity index (χ2v) is 7.81. The molecule has 0 aliphatic heterocycles. The lowest BCUT2D eigenvalue weighted by atomic mass is 10.1. The first kappa shape index (κ1) is 20.3. The molecule has 0 aliphatic carbocycles. The van der Waals surface area contributed by atoms with Gasteiger partial charge in [0, 0.05) is 34.6 Å². The van der Waals surface area contributed by atoms with E-state index in [0.717, 1.165) is 22.0 Å². The van der Waals surface area contributed by atoms with Gasteiger partial charge < -0.3 is 9.42 Å². The van der Waals surface area contributed by atoms with Gasteiger partial charge in [-0.05, 0) is 56.7 Å². The fraction of sp³-hybridized carbons (Fsp3) is 0.318. The summed E-state index contributed by atoms with van der Waals surface area (Å²) < 4.78 is 6.40. The number of aryl methyl sites for hydroxylation is 1. The first-order valence-electron chi connectivity index (χ1n) is 9.44. The second-order valence-electron chi connectivity index (χ2n) is 6.89. The van der Waals surface area contributed by atoms with Gasteiger partial charge in [0.15, 0.2) is 0 Å². The van der Waals surface area contributed by atoms with Crippen LogP contribution in [0.5, 0.6) is 0 Å². The molecule has 6 heteroatoms. The number of hydrogen-bond acceptors (Lipinski definition) is 4. The molecule has 0 fully saturated rings. The van der Waals surface area contributed by atoms with Crippen molar-refractivity contribution in [1.29, 1.82) is 0 Å². The number of amides is 1. The SMILES string of the molecule is CC[C@H](C)N(CCc1nc(-c2ccc(Br)cc2)no1)C(=O)c1ccc(C)cc1. The van der Waals surface area contributed by atoms with E-state index >= 15 is 0 Å². The highest BCUT2D eigenvalue weighted by Gasteiger charge is 2.21. The molecule has 3 aromatic rings. The van der Waals surface area contributed by atoms with E-state index in [0.29, 0.717) is 30.2 Å². The Hall–Kier alpha value is -2.47. The molecule has 0 saturated carbocycles. The number of aromatic nitrogens is 2. The topological polar surface area (TPSA) is 59.2 Å². The number of carbonyl (C=O) groups excluding carboxylic acids is 1. The van der Waals surface area contributed by atoms with Gasteiger partial charge in [-0.1, -0.05) is 45.7 Å². The summed E-state index contributed by atoms with van der Waals surface area (Å²) >= 11 is 3.42. The zero-order chi connectivity index (χ0) is 20.1. The molecular weight excluding hydrogens is 418 g/mol. The van der Waals surface area contributed by atoms with E-state index in [4.69, 9.17) is 4.52 Å². The Morgan fingerprint density at radius 1 is 1.14 bits per heavy atom. The van der Waals surface area contributed by atoms with E-state index in [1.165, 1.54) is 0 Å². The fourth-order valence-corrected chi connectivity index (χ4v) is 3.16. The van der Waals surface area contributed by atoms with Crippen molar-refractivity contribution in [2.24, 2.45) is 0 Å². The van der Waals surface area contributed by atoms with Crippen molar-refractivity contribution >= 4 is 21.8 Å². The highest BCUT2D eigenvalue weighted by molar-refractivity contribution is 9.10. The first-order valence-corrected chi connectivity index (χ1v) is 10.2. The van der Waals surface area contributed by atoms with Gasteiger partial charge in [0.2, 0.25) is 11.7 Å². The predicted molar refractivity (Wildman–Crippen MR) is 113 cm³/mol. The van der Waals surface area contributed by atoms with Gasteiger partial charge in [0.05, 0.1) is 0 Å². The normalized spacial score (nSPS) is 12.0. The van der Waals surface area contributed by atoms with Gasteiger partial charge in [-0.15, -0.1) is 0 Å². The maximum Gasteiger partial charge on any atom is 0.254 e. The minimum Gasteiger partial charge on any atom is -0.339 e. The van der Waals surface area contributed by atoms with Crippen LogP contribution < -0.4 is 0 Å². The standard InChI is InChI=1S/C22H24BrN3O2/c1-4-16(3)26(22(27)18-7-5-15(2)6-8-18)14-13-20-24-21(25-28-20)17-9-11-19(23)12-10-17/h5-12,16H,4,13-14H2,1-3H3/t16-/m0/s1. The summed E-state index contributed by atoms with van der Waals surface area (Å²) in [7, 11) is 0. The van der Waals surface area contributed by atoms with E-state index < -0.39 is 0 Å². The maximum atomic E-state index is 13.0. The number of carbonyl (C=O) groups is 1. The van der Waals surface area contributed by atoms with Crippen LogP contribution in [-0.4, -0.2) is 33.5 Å². The Morgan fingerprint density at radius 2 is 1.82 bits per heavy atom. The van der Waals surface area contributed by atoms with E-state index in [9.17, 15) is 4.79 Å². The lowest BCUT2D eigenvalue weighted by Gasteiger charge is -2.28. The molecule has 0 aliphatic rings. The molecule has 0 bridgehead atoms. The molecule has 146 valence electrons. The van der Waals surface area contributed by atoms with Crippen LogP contribution in [0, 0.1) is 6.92 Å². The molecule has 0 saturated heterocycles. The van der Waals surface area contributed by atoms with Crippen LogP contribution in [0.25, 0.3) is 11.4 Å². The Balaban J connectivity index is 1.71. The van der Waals surface area contributed by atoms with Gasteiger partial charge in [-0.2, -0.15) is 4.98 Å². The van der Waals surface area contributed by atoms with Crippen LogP contribution in [0.1, 0.15) is 42.1 Å². The molecule has 0 N–H and O–H groups in total. The lowest BCUT2D eigenvalue weighted by Crippen LogP contribution is -2.39. The highest BCUT2D eigenvalue weighted by Crippen LogP contribution is 2.19. The lowest BCUT2D eigenvalue weighted by molar-refractivity contribution is 0.0686. The molecular formula is C22H24BrN3O2. The molecule has 3 rings (SSSR count). The van der Waals surface area contributed by atoms with Crippen molar-refractivity contribution in [2.45, 2.75) is 39.7 Å². The molecule has 0 radical (unpaired) electrons. The Bertz CT molecular complexity index is 920. The second kappa shape index (κ2) is 9.15. The molecule has 0 spiro atoms. The number of hydrogen-bond donors (Lipinski definition) is 0. The van der Waals surface area contributed by atoms with E-state index in [2.05, 4.69) is 39.9 Å². The van der Waals surface area contributed by atoms with E-state index in [1.807, 2.05) is 60.4 Å². The minimum absolute atomic E-state index is 0.0296. The van der Waals surface area contributed by atoms with Crippen LogP contribution in [0.2, 0.25) is 0 Å². The van der Waals surface area contributed by atoms with Gasteiger partial charge in [0.1, 0.15) is 0 Å². The third-order valence-electron chi connectivity index (χ3n) is 4.82. The van der Waals surface area contributed by atoms with Crippen LogP contribution in [-0.2, 0) is 6.42 Å². The average Bonchev–Trinajstić information content (AvgIpc) is 3.17. The van der Waals surface area contributed by atoms with Crippen molar-refractivity contribution in [3.8, 4) is 11.4 Å². The highest BCUT2D eigenvalue weighted by atomic mass is 79.9. The molecule has 1 atom stereocenters. The zero-order valence-electron chi connectivity index (χ0n) is 16.4. The summed E-state index contributed by atoms with van der Waals surface area (Å²) in [5.41, 5.74) is 2.73. The van der Waals surface area contributed by atoms with Gasteiger partial charge >= 0.3 is 0 Å². The molecule has 5 nitrogen and oxygen atoms in total. The number of nitrogens with zero attached hydrogens (tertiary/aromatic N) is 3. The smallest absolute Gasteiger partial charge is 0.254 e. The maximum absolute atomic E-state index is 13.0. The van der Waals surface area contributed by atoms with Crippen LogP contribution in [0.4, 0.5) is 0 Å². The average molecular weight is 442 g/mol. The van der Waals surface area contributed by atoms with E-state index in [-0.39, 0.29) is 11.9 Å². The molecule has 0 unspecified atom stereocenters. The summed E-state index contributed by atoms with van der Waals surface area (Å²) in [5.74, 6) is 1.12. The minimum atomic E-state index is 0.0296. The quantitative estimate of drug-likeness (QED) is 0.499. The summed E-state index contributed by atoms with van der Waals surface area (Å²) in [6.07, 6.45) is 1.40. The third kappa shape index (κ3) is 4.87. The Labute approximate surface area is 173 Å². The summed E-state index contributed by atoms with van der Waals surface area (Å²) in [6, 6.07) is 15.6. The molecule has 1 aromatic heterocycles. The summed E-state index contributed by atoms with van der Waals surface area (Å²) in [6.45, 7) is 6.69. The van der Waals surface area contributed by atoms with Crippen molar-refractivity contribution in [3.63, 3.8) is 0 Å². The van der Waals surface area contributed by atoms with Crippen molar-refractivity contribution in [1.82, 2.24) is 15.0 Å². The van der Waals surface area contributed by atoms with Crippen LogP contribution in [0.15, 0.2) is 57.5 Å². The fourth-order valence-electron chi connectivity index (χ4n) is 2.89. The van der Waals surface area contributed by atoms with Gasteiger partial charge in [-0.3, -0.25) is 4.79 Å². The number of rotatable bonds is 7.